The molecule has 6 rings (SSSR count). The van der Waals surface area contributed by atoms with Crippen molar-refractivity contribution in [2.24, 2.45) is 0 Å². The molecule has 6 aromatic rings. The van der Waals surface area contributed by atoms with E-state index in [1.807, 2.05) is 12.1 Å². The van der Waals surface area contributed by atoms with Gasteiger partial charge >= 0.3 is 0 Å². The molecule has 0 aliphatic heterocycles. The molecule has 0 saturated carbocycles. The summed E-state index contributed by atoms with van der Waals surface area (Å²) in [5.41, 5.74) is 5.19. The second-order valence-electron chi connectivity index (χ2n) is 7.45. The summed E-state index contributed by atoms with van der Waals surface area (Å²) in [4.78, 5) is 2.28. The SMILES string of the molecule is c1ccc(N(c2ccccc2)c2ccc3oc4ccc5ccccc5c4c3c2)cc1. The van der Waals surface area contributed by atoms with Gasteiger partial charge in [-0.25, -0.2) is 0 Å². The fourth-order valence-electron chi connectivity index (χ4n) is 4.28. The van der Waals surface area contributed by atoms with Gasteiger partial charge in [0.25, 0.3) is 0 Å². The van der Waals surface area contributed by atoms with E-state index in [4.69, 9.17) is 4.42 Å². The fourth-order valence-corrected chi connectivity index (χ4v) is 4.28. The number of fused-ring (bicyclic) bond motifs is 5. The van der Waals surface area contributed by atoms with E-state index in [0.29, 0.717) is 0 Å². The molecule has 0 unspecified atom stereocenters. The van der Waals surface area contributed by atoms with Crippen molar-refractivity contribution in [1.82, 2.24) is 0 Å². The van der Waals surface area contributed by atoms with E-state index < -0.39 is 0 Å². The van der Waals surface area contributed by atoms with Gasteiger partial charge in [-0.3, -0.25) is 0 Å². The first-order chi connectivity index (χ1) is 14.9. The number of anilines is 3. The smallest absolute Gasteiger partial charge is 0.136 e. The molecule has 2 nitrogen and oxygen atoms in total. The van der Waals surface area contributed by atoms with Crippen LogP contribution in [0.4, 0.5) is 17.1 Å². The molecule has 2 heteroatoms. The predicted molar refractivity (Wildman–Crippen MR) is 126 cm³/mol. The zero-order chi connectivity index (χ0) is 19.9. The molecule has 5 aromatic carbocycles. The van der Waals surface area contributed by atoms with E-state index in [0.717, 1.165) is 33.6 Å². The minimum absolute atomic E-state index is 0.908. The van der Waals surface area contributed by atoms with Gasteiger partial charge in [-0.1, -0.05) is 66.7 Å². The van der Waals surface area contributed by atoms with Crippen molar-refractivity contribution < 1.29 is 4.42 Å². The lowest BCUT2D eigenvalue weighted by atomic mass is 10.0. The number of hydrogen-bond donors (Lipinski definition) is 0. The van der Waals surface area contributed by atoms with Gasteiger partial charge in [-0.2, -0.15) is 0 Å². The average molecular weight is 385 g/mol. The molecule has 0 N–H and O–H groups in total. The van der Waals surface area contributed by atoms with Crippen molar-refractivity contribution in [2.75, 3.05) is 4.90 Å². The van der Waals surface area contributed by atoms with Crippen LogP contribution in [0.5, 0.6) is 0 Å². The molecule has 0 fully saturated rings. The molecule has 142 valence electrons. The molecule has 0 spiro atoms. The quantitative estimate of drug-likeness (QED) is 0.305. The summed E-state index contributed by atoms with van der Waals surface area (Å²) in [5, 5.41) is 4.75. The van der Waals surface area contributed by atoms with Gasteiger partial charge in [-0.05, 0) is 59.3 Å². The zero-order valence-corrected chi connectivity index (χ0v) is 16.3. The van der Waals surface area contributed by atoms with Crippen LogP contribution in [0.3, 0.4) is 0 Å². The van der Waals surface area contributed by atoms with Crippen LogP contribution < -0.4 is 4.90 Å². The summed E-state index contributed by atoms with van der Waals surface area (Å²) < 4.78 is 6.19. The van der Waals surface area contributed by atoms with E-state index in [1.54, 1.807) is 0 Å². The Morgan fingerprint density at radius 1 is 0.467 bits per heavy atom. The van der Waals surface area contributed by atoms with Crippen molar-refractivity contribution in [3.05, 3.63) is 115 Å². The maximum absolute atomic E-state index is 6.19. The van der Waals surface area contributed by atoms with Crippen LogP contribution in [-0.2, 0) is 0 Å². The van der Waals surface area contributed by atoms with Crippen LogP contribution >= 0.6 is 0 Å². The van der Waals surface area contributed by atoms with Crippen molar-refractivity contribution >= 4 is 49.8 Å². The number of nitrogens with zero attached hydrogens (tertiary/aromatic N) is 1. The number of hydrogen-bond acceptors (Lipinski definition) is 2. The minimum atomic E-state index is 0.908. The van der Waals surface area contributed by atoms with Crippen LogP contribution in [0.25, 0.3) is 32.7 Å². The summed E-state index contributed by atoms with van der Waals surface area (Å²) >= 11 is 0. The number of rotatable bonds is 3. The van der Waals surface area contributed by atoms with Gasteiger partial charge in [-0.15, -0.1) is 0 Å². The first-order valence-electron chi connectivity index (χ1n) is 10.1. The molecule has 0 radical (unpaired) electrons. The highest BCUT2D eigenvalue weighted by Crippen LogP contribution is 2.40. The van der Waals surface area contributed by atoms with E-state index in [-0.39, 0.29) is 0 Å². The lowest BCUT2D eigenvalue weighted by Gasteiger charge is -2.25. The van der Waals surface area contributed by atoms with Crippen LogP contribution in [-0.4, -0.2) is 0 Å². The second-order valence-corrected chi connectivity index (χ2v) is 7.45. The first kappa shape index (κ1) is 16.9. The van der Waals surface area contributed by atoms with Crippen molar-refractivity contribution in [1.29, 1.82) is 0 Å². The van der Waals surface area contributed by atoms with Crippen LogP contribution in [0.1, 0.15) is 0 Å². The van der Waals surface area contributed by atoms with Crippen LogP contribution in [0.15, 0.2) is 120 Å². The zero-order valence-electron chi connectivity index (χ0n) is 16.3. The topological polar surface area (TPSA) is 16.4 Å². The Kier molecular flexibility index (Phi) is 3.82. The lowest BCUT2D eigenvalue weighted by molar-refractivity contribution is 0.669. The number of benzene rings is 5. The maximum atomic E-state index is 6.19. The molecule has 1 aromatic heterocycles. The lowest BCUT2D eigenvalue weighted by Crippen LogP contribution is -2.09. The van der Waals surface area contributed by atoms with E-state index in [2.05, 4.69) is 108 Å². The summed E-state index contributed by atoms with van der Waals surface area (Å²) in [6.45, 7) is 0. The van der Waals surface area contributed by atoms with E-state index in [1.165, 1.54) is 16.2 Å². The van der Waals surface area contributed by atoms with Crippen molar-refractivity contribution in [3.63, 3.8) is 0 Å². The summed E-state index contributed by atoms with van der Waals surface area (Å²) in [6, 6.07) is 40.1. The standard InChI is InChI=1S/C28H19NO/c1-3-10-21(11-4-1)29(22-12-5-2-6-13-22)23-16-18-26-25(19-23)28-24-14-8-7-9-20(24)15-17-27(28)30-26/h1-19H. The van der Waals surface area contributed by atoms with E-state index >= 15 is 0 Å². The van der Waals surface area contributed by atoms with Crippen LogP contribution in [0.2, 0.25) is 0 Å². The van der Waals surface area contributed by atoms with Gasteiger partial charge in [0.05, 0.1) is 0 Å². The Hall–Kier alpha value is -4.04. The van der Waals surface area contributed by atoms with Gasteiger partial charge in [0, 0.05) is 27.8 Å². The molecular formula is C28H19NO. The third kappa shape index (κ3) is 2.66. The second kappa shape index (κ2) is 6.78. The summed E-state index contributed by atoms with van der Waals surface area (Å²) in [6.07, 6.45) is 0. The molecule has 1 heterocycles. The molecule has 0 saturated heterocycles. The Morgan fingerprint density at radius 3 is 1.83 bits per heavy atom. The van der Waals surface area contributed by atoms with Gasteiger partial charge < -0.3 is 9.32 Å². The Bertz CT molecular complexity index is 1440. The molecule has 0 atom stereocenters. The number of para-hydroxylation sites is 2. The maximum Gasteiger partial charge on any atom is 0.136 e. The third-order valence-corrected chi connectivity index (χ3v) is 5.63. The minimum Gasteiger partial charge on any atom is -0.456 e. The highest BCUT2D eigenvalue weighted by Gasteiger charge is 2.16. The van der Waals surface area contributed by atoms with Gasteiger partial charge in [0.15, 0.2) is 0 Å². The Labute approximate surface area is 174 Å². The Balaban J connectivity index is 1.64. The molecule has 0 amide bonds. The molecular weight excluding hydrogens is 366 g/mol. The third-order valence-electron chi connectivity index (χ3n) is 5.63. The summed E-state index contributed by atoms with van der Waals surface area (Å²) in [7, 11) is 0. The highest BCUT2D eigenvalue weighted by molar-refractivity contribution is 6.19. The predicted octanol–water partition coefficient (Wildman–Crippen LogP) is 8.21. The van der Waals surface area contributed by atoms with Gasteiger partial charge in [0.1, 0.15) is 11.2 Å². The van der Waals surface area contributed by atoms with Crippen LogP contribution in [0, 0.1) is 0 Å². The Morgan fingerprint density at radius 2 is 1.10 bits per heavy atom. The molecule has 30 heavy (non-hydrogen) atoms. The summed E-state index contributed by atoms with van der Waals surface area (Å²) in [5.74, 6) is 0. The normalized spacial score (nSPS) is 11.3. The average Bonchev–Trinajstić information content (AvgIpc) is 3.19. The van der Waals surface area contributed by atoms with Crippen molar-refractivity contribution in [3.8, 4) is 0 Å². The fraction of sp³-hybridized carbons (Fsp3) is 0. The number of furan rings is 1. The first-order valence-corrected chi connectivity index (χ1v) is 10.1. The van der Waals surface area contributed by atoms with Crippen molar-refractivity contribution in [2.45, 2.75) is 0 Å². The molecule has 0 aliphatic rings. The molecule has 0 bridgehead atoms. The van der Waals surface area contributed by atoms with E-state index in [9.17, 15) is 0 Å². The molecule has 0 aliphatic carbocycles. The largest absolute Gasteiger partial charge is 0.456 e. The highest BCUT2D eigenvalue weighted by atomic mass is 16.3. The van der Waals surface area contributed by atoms with Gasteiger partial charge in [0.2, 0.25) is 0 Å². The monoisotopic (exact) mass is 385 g/mol.